The molecular weight excluding hydrogens is 195 g/mol. The first-order chi connectivity index (χ1) is 7.05. The van der Waals surface area contributed by atoms with E-state index in [9.17, 15) is 9.18 Å². The van der Waals surface area contributed by atoms with E-state index in [4.69, 9.17) is 5.11 Å². The van der Waals surface area contributed by atoms with Crippen LogP contribution in [0.25, 0.3) is 0 Å². The zero-order valence-electron chi connectivity index (χ0n) is 10.1. The van der Waals surface area contributed by atoms with Crippen LogP contribution in [0.2, 0.25) is 0 Å². The second-order valence-electron chi connectivity index (χ2n) is 4.46. The van der Waals surface area contributed by atoms with Crippen LogP contribution in [0, 0.1) is 11.3 Å². The van der Waals surface area contributed by atoms with Gasteiger partial charge in [-0.2, -0.15) is 0 Å². The Morgan fingerprint density at radius 1 is 1.47 bits per heavy atom. The van der Waals surface area contributed by atoms with Gasteiger partial charge in [0.05, 0.1) is 12.0 Å². The molecular formula is C12H23FO2. The summed E-state index contributed by atoms with van der Waals surface area (Å²) < 4.78 is 12.7. The van der Waals surface area contributed by atoms with Gasteiger partial charge in [0, 0.05) is 5.92 Å². The van der Waals surface area contributed by atoms with Crippen molar-refractivity contribution in [1.29, 1.82) is 0 Å². The first-order valence-corrected chi connectivity index (χ1v) is 5.76. The molecule has 0 aromatic heterocycles. The maximum Gasteiger partial charge on any atom is 0.146 e. The maximum atomic E-state index is 12.7. The Morgan fingerprint density at radius 3 is 2.40 bits per heavy atom. The lowest BCUT2D eigenvalue weighted by molar-refractivity contribution is -0.135. The van der Waals surface area contributed by atoms with Gasteiger partial charge in [0.1, 0.15) is 12.5 Å². The topological polar surface area (TPSA) is 37.3 Å². The molecule has 2 unspecified atom stereocenters. The third-order valence-corrected chi connectivity index (χ3v) is 3.01. The van der Waals surface area contributed by atoms with Crippen molar-refractivity contribution in [1.82, 2.24) is 0 Å². The molecule has 3 heteroatoms. The molecule has 2 nitrogen and oxygen atoms in total. The molecule has 0 aliphatic rings. The highest BCUT2D eigenvalue weighted by atomic mass is 19.1. The second-order valence-corrected chi connectivity index (χ2v) is 4.46. The lowest BCUT2D eigenvalue weighted by Crippen LogP contribution is -2.38. The molecule has 0 bridgehead atoms. The van der Waals surface area contributed by atoms with E-state index >= 15 is 0 Å². The van der Waals surface area contributed by atoms with Crippen molar-refractivity contribution in [2.24, 2.45) is 11.3 Å². The first kappa shape index (κ1) is 14.6. The number of hydrogen-bond acceptors (Lipinski definition) is 2. The zero-order valence-corrected chi connectivity index (χ0v) is 10.1. The van der Waals surface area contributed by atoms with Crippen molar-refractivity contribution in [2.45, 2.75) is 46.5 Å². The van der Waals surface area contributed by atoms with E-state index in [0.29, 0.717) is 0 Å². The number of aliphatic hydroxyl groups excluding tert-OH is 1. The van der Waals surface area contributed by atoms with Crippen LogP contribution in [0.3, 0.4) is 0 Å². The van der Waals surface area contributed by atoms with Gasteiger partial charge in [0.15, 0.2) is 0 Å². The summed E-state index contributed by atoms with van der Waals surface area (Å²) in [7, 11) is 0. The standard InChI is InChI=1S/C12H23FO2/c1-4-6-7-10(5-2)11(15)12(3,8-13)9-14/h10,14H,4-9H2,1-3H3. The number of Topliss-reactive ketones (excluding diaryl/α,β-unsaturated/α-hetero) is 1. The lowest BCUT2D eigenvalue weighted by atomic mass is 9.78. The Morgan fingerprint density at radius 2 is 2.07 bits per heavy atom. The Hall–Kier alpha value is -0.440. The van der Waals surface area contributed by atoms with Gasteiger partial charge in [-0.25, -0.2) is 4.39 Å². The summed E-state index contributed by atoms with van der Waals surface area (Å²) in [5.74, 6) is -0.221. The van der Waals surface area contributed by atoms with E-state index in [0.717, 1.165) is 25.7 Å². The van der Waals surface area contributed by atoms with Crippen molar-refractivity contribution in [3.63, 3.8) is 0 Å². The Balaban J connectivity index is 4.48. The number of alkyl halides is 1. The van der Waals surface area contributed by atoms with E-state index in [-0.39, 0.29) is 11.7 Å². The molecule has 0 radical (unpaired) electrons. The fraction of sp³-hybridized carbons (Fsp3) is 0.917. The van der Waals surface area contributed by atoms with Crippen LogP contribution in [-0.4, -0.2) is 24.2 Å². The summed E-state index contributed by atoms with van der Waals surface area (Å²) in [6.45, 7) is 4.34. The number of rotatable bonds is 8. The van der Waals surface area contributed by atoms with Crippen LogP contribution in [-0.2, 0) is 4.79 Å². The smallest absolute Gasteiger partial charge is 0.146 e. The molecule has 0 aromatic rings. The van der Waals surface area contributed by atoms with Crippen molar-refractivity contribution in [3.05, 3.63) is 0 Å². The molecule has 0 aliphatic heterocycles. The molecule has 0 amide bonds. The number of aliphatic hydroxyl groups is 1. The average Bonchev–Trinajstić information content (AvgIpc) is 2.28. The molecule has 0 saturated heterocycles. The molecule has 0 heterocycles. The van der Waals surface area contributed by atoms with E-state index in [1.165, 1.54) is 6.92 Å². The highest BCUT2D eigenvalue weighted by Gasteiger charge is 2.36. The van der Waals surface area contributed by atoms with Crippen LogP contribution in [0.4, 0.5) is 4.39 Å². The fourth-order valence-corrected chi connectivity index (χ4v) is 1.65. The monoisotopic (exact) mass is 218 g/mol. The Labute approximate surface area is 91.9 Å². The first-order valence-electron chi connectivity index (χ1n) is 5.76. The third kappa shape index (κ3) is 3.90. The van der Waals surface area contributed by atoms with Crippen molar-refractivity contribution in [2.75, 3.05) is 13.3 Å². The highest BCUT2D eigenvalue weighted by molar-refractivity contribution is 5.86. The fourth-order valence-electron chi connectivity index (χ4n) is 1.65. The predicted molar refractivity (Wildman–Crippen MR) is 59.5 cm³/mol. The summed E-state index contributed by atoms with van der Waals surface area (Å²) in [5, 5.41) is 9.06. The quantitative estimate of drug-likeness (QED) is 0.680. The largest absolute Gasteiger partial charge is 0.395 e. The maximum absolute atomic E-state index is 12.7. The zero-order chi connectivity index (χ0) is 11.9. The van der Waals surface area contributed by atoms with E-state index in [1.54, 1.807) is 0 Å². The van der Waals surface area contributed by atoms with Crippen molar-refractivity contribution >= 4 is 5.78 Å². The van der Waals surface area contributed by atoms with E-state index in [2.05, 4.69) is 6.92 Å². The van der Waals surface area contributed by atoms with Crippen LogP contribution in [0.15, 0.2) is 0 Å². The Kier molecular flexibility index (Phi) is 6.73. The van der Waals surface area contributed by atoms with Gasteiger partial charge >= 0.3 is 0 Å². The summed E-state index contributed by atoms with van der Waals surface area (Å²) in [6, 6.07) is 0. The van der Waals surface area contributed by atoms with Gasteiger partial charge < -0.3 is 5.11 Å². The molecule has 0 rings (SSSR count). The van der Waals surface area contributed by atoms with Gasteiger partial charge in [-0.15, -0.1) is 0 Å². The molecule has 0 aromatic carbocycles. The lowest BCUT2D eigenvalue weighted by Gasteiger charge is -2.26. The summed E-state index contributed by atoms with van der Waals surface area (Å²) >= 11 is 0. The average molecular weight is 218 g/mol. The van der Waals surface area contributed by atoms with Gasteiger partial charge in [-0.05, 0) is 19.8 Å². The predicted octanol–water partition coefficient (Wildman–Crippen LogP) is 2.74. The summed E-state index contributed by atoms with van der Waals surface area (Å²) in [5.41, 5.74) is -1.19. The number of unbranched alkanes of at least 4 members (excludes halogenated alkanes) is 1. The van der Waals surface area contributed by atoms with Gasteiger partial charge in [-0.1, -0.05) is 26.7 Å². The summed E-state index contributed by atoms with van der Waals surface area (Å²) in [4.78, 5) is 12.0. The number of hydrogen-bond donors (Lipinski definition) is 1. The van der Waals surface area contributed by atoms with Gasteiger partial charge in [0.25, 0.3) is 0 Å². The molecule has 1 N–H and O–H groups in total. The molecule has 0 saturated carbocycles. The highest BCUT2D eigenvalue weighted by Crippen LogP contribution is 2.27. The summed E-state index contributed by atoms with van der Waals surface area (Å²) in [6.07, 6.45) is 3.56. The second kappa shape index (κ2) is 6.94. The minimum absolute atomic E-state index is 0.0992. The van der Waals surface area contributed by atoms with Crippen LogP contribution in [0.5, 0.6) is 0 Å². The van der Waals surface area contributed by atoms with Crippen LogP contribution >= 0.6 is 0 Å². The number of halogens is 1. The minimum Gasteiger partial charge on any atom is -0.395 e. The van der Waals surface area contributed by atoms with Crippen molar-refractivity contribution < 1.29 is 14.3 Å². The molecule has 90 valence electrons. The molecule has 0 spiro atoms. The van der Waals surface area contributed by atoms with E-state index in [1.807, 2.05) is 6.92 Å². The SMILES string of the molecule is CCCCC(CC)C(=O)C(C)(CO)CF. The van der Waals surface area contributed by atoms with Crippen molar-refractivity contribution in [3.8, 4) is 0 Å². The molecule has 15 heavy (non-hydrogen) atoms. The number of carbonyl (C=O) groups excluding carboxylic acids is 1. The number of ketones is 1. The number of carbonyl (C=O) groups is 1. The minimum atomic E-state index is -1.19. The molecule has 2 atom stereocenters. The van der Waals surface area contributed by atoms with Gasteiger partial charge in [-0.3, -0.25) is 4.79 Å². The van der Waals surface area contributed by atoms with E-state index < -0.39 is 18.7 Å². The Bertz CT molecular complexity index is 188. The third-order valence-electron chi connectivity index (χ3n) is 3.01. The van der Waals surface area contributed by atoms with Crippen LogP contribution < -0.4 is 0 Å². The molecule has 0 aliphatic carbocycles. The van der Waals surface area contributed by atoms with Crippen LogP contribution in [0.1, 0.15) is 46.5 Å². The normalized spacial score (nSPS) is 17.1. The van der Waals surface area contributed by atoms with Gasteiger partial charge in [0.2, 0.25) is 0 Å². The molecule has 0 fully saturated rings.